The number of amides is 3. The van der Waals surface area contributed by atoms with Crippen molar-refractivity contribution in [2.75, 3.05) is 12.5 Å². The van der Waals surface area contributed by atoms with E-state index in [4.69, 9.17) is 15.2 Å². The quantitative estimate of drug-likeness (QED) is 0.311. The van der Waals surface area contributed by atoms with Crippen LogP contribution in [0.2, 0.25) is 0 Å². The van der Waals surface area contributed by atoms with E-state index in [-0.39, 0.29) is 35.3 Å². The third-order valence-corrected chi connectivity index (χ3v) is 6.00. The molecule has 1 saturated heterocycles. The number of hydrogen-bond donors (Lipinski definition) is 2. The van der Waals surface area contributed by atoms with Gasteiger partial charge in [-0.2, -0.15) is 4.68 Å². The Kier molecular flexibility index (Phi) is 8.14. The molecule has 3 N–H and O–H groups in total. The second-order valence-electron chi connectivity index (χ2n) is 9.90. The highest BCUT2D eigenvalue weighted by Gasteiger charge is 2.38. The third kappa shape index (κ3) is 6.22. The van der Waals surface area contributed by atoms with Crippen LogP contribution in [0.5, 0.6) is 0 Å². The summed E-state index contributed by atoms with van der Waals surface area (Å²) in [5, 5.41) is 10.5. The van der Waals surface area contributed by atoms with E-state index in [2.05, 4.69) is 15.6 Å². The molecule has 0 radical (unpaired) electrons. The highest BCUT2D eigenvalue weighted by Crippen LogP contribution is 2.23. The minimum absolute atomic E-state index is 0.0185. The van der Waals surface area contributed by atoms with Gasteiger partial charge in [0.2, 0.25) is 5.91 Å². The average Bonchev–Trinajstić information content (AvgIpc) is 2.81. The predicted molar refractivity (Wildman–Crippen MR) is 132 cm³/mol. The molecule has 13 heteroatoms. The molecule has 0 saturated carbocycles. The molecule has 37 heavy (non-hydrogen) atoms. The Morgan fingerprint density at radius 1 is 1.24 bits per heavy atom. The first-order valence-corrected chi connectivity index (χ1v) is 12.0. The van der Waals surface area contributed by atoms with Crippen LogP contribution in [-0.4, -0.2) is 62.1 Å². The number of nitrogens with one attached hydrogen (secondary N) is 1. The molecule has 0 spiro atoms. The molecular formula is C24H32N6O7. The monoisotopic (exact) mass is 516 g/mol. The Morgan fingerprint density at radius 3 is 2.59 bits per heavy atom. The van der Waals surface area contributed by atoms with Crippen molar-refractivity contribution in [3.8, 4) is 0 Å². The van der Waals surface area contributed by atoms with E-state index in [0.29, 0.717) is 6.42 Å². The number of piperidine rings is 1. The lowest BCUT2D eigenvalue weighted by molar-refractivity contribution is -0.165. The summed E-state index contributed by atoms with van der Waals surface area (Å²) in [5.41, 5.74) is 5.00. The van der Waals surface area contributed by atoms with Crippen LogP contribution in [-0.2, 0) is 23.9 Å². The molecule has 1 aliphatic rings. The number of carbonyl (C=O) groups excluding carboxylic acids is 4. The zero-order chi connectivity index (χ0) is 27.5. The summed E-state index contributed by atoms with van der Waals surface area (Å²) in [5.74, 6) is -2.50. The fourth-order valence-corrected chi connectivity index (χ4v) is 3.83. The van der Waals surface area contributed by atoms with Gasteiger partial charge in [-0.3, -0.25) is 14.4 Å². The minimum Gasteiger partial charge on any atom is -0.444 e. The lowest BCUT2D eigenvalue weighted by atomic mass is 9.99. The summed E-state index contributed by atoms with van der Waals surface area (Å²) in [6.07, 6.45) is -0.334. The number of benzene rings is 1. The Morgan fingerprint density at radius 2 is 1.95 bits per heavy atom. The standard InChI is InChI=1S/C24H32N6O7/c1-6-13(2)19(26-23(35)37-24(3,4)5)22(34)36-12-29-17(31)11-10-16(20(29)32)30-21(33)18-14(25)8-7-9-15(18)27-28-30/h7-9,13,16,19H,6,10-12,25H2,1-5H3,(H,26,35)/t13?,16-,19-/m0/s1. The summed E-state index contributed by atoms with van der Waals surface area (Å²) in [6, 6.07) is 2.53. The number of ether oxygens (including phenoxy) is 2. The molecule has 200 valence electrons. The molecule has 2 heterocycles. The molecule has 1 fully saturated rings. The Hall–Kier alpha value is -4.03. The van der Waals surface area contributed by atoms with Gasteiger partial charge in [-0.15, -0.1) is 5.10 Å². The third-order valence-electron chi connectivity index (χ3n) is 6.00. The highest BCUT2D eigenvalue weighted by molar-refractivity contribution is 5.99. The summed E-state index contributed by atoms with van der Waals surface area (Å²) < 4.78 is 11.4. The summed E-state index contributed by atoms with van der Waals surface area (Å²) in [4.78, 5) is 64.6. The molecule has 1 aliphatic heterocycles. The number of fused-ring (bicyclic) bond motifs is 1. The number of imide groups is 1. The topological polar surface area (TPSA) is 176 Å². The number of likely N-dealkylation sites (tertiary alicyclic amines) is 1. The fraction of sp³-hybridized carbons (Fsp3) is 0.542. The van der Waals surface area contributed by atoms with Gasteiger partial charge in [0.25, 0.3) is 11.5 Å². The van der Waals surface area contributed by atoms with Gasteiger partial charge in [-0.05, 0) is 45.2 Å². The number of anilines is 1. The molecule has 3 rings (SSSR count). The maximum Gasteiger partial charge on any atom is 0.408 e. The molecule has 13 nitrogen and oxygen atoms in total. The molecule has 0 aliphatic carbocycles. The summed E-state index contributed by atoms with van der Waals surface area (Å²) >= 11 is 0. The van der Waals surface area contributed by atoms with E-state index in [1.54, 1.807) is 39.8 Å². The van der Waals surface area contributed by atoms with Crippen LogP contribution < -0.4 is 16.6 Å². The van der Waals surface area contributed by atoms with Crippen LogP contribution in [0, 0.1) is 5.92 Å². The van der Waals surface area contributed by atoms with E-state index in [9.17, 15) is 24.0 Å². The van der Waals surface area contributed by atoms with Gasteiger partial charge in [0.05, 0.1) is 5.39 Å². The van der Waals surface area contributed by atoms with Gasteiger partial charge in [0.15, 0.2) is 6.73 Å². The number of alkyl carbamates (subject to hydrolysis) is 1. The number of nitrogens with zero attached hydrogens (tertiary/aromatic N) is 4. The van der Waals surface area contributed by atoms with Crippen LogP contribution in [0.15, 0.2) is 23.0 Å². The molecule has 2 aromatic rings. The molecule has 3 atom stereocenters. The Labute approximate surface area is 213 Å². The average molecular weight is 517 g/mol. The molecule has 1 aromatic heterocycles. The van der Waals surface area contributed by atoms with Gasteiger partial charge in [-0.1, -0.05) is 31.5 Å². The van der Waals surface area contributed by atoms with Gasteiger partial charge in [0, 0.05) is 12.1 Å². The number of nitrogens with two attached hydrogens (primary N) is 1. The zero-order valence-electron chi connectivity index (χ0n) is 21.5. The van der Waals surface area contributed by atoms with Gasteiger partial charge >= 0.3 is 12.1 Å². The Balaban J connectivity index is 1.77. The molecule has 1 aromatic carbocycles. The second-order valence-corrected chi connectivity index (χ2v) is 9.90. The number of hydrogen-bond acceptors (Lipinski definition) is 10. The molecule has 1 unspecified atom stereocenters. The van der Waals surface area contributed by atoms with Crippen LogP contribution >= 0.6 is 0 Å². The highest BCUT2D eigenvalue weighted by atomic mass is 16.6. The molecular weight excluding hydrogens is 484 g/mol. The van der Waals surface area contributed by atoms with Crippen LogP contribution in [0.25, 0.3) is 10.9 Å². The number of nitrogen functional groups attached to an aromatic ring is 1. The van der Waals surface area contributed by atoms with E-state index >= 15 is 0 Å². The van der Waals surface area contributed by atoms with Crippen molar-refractivity contribution < 1.29 is 28.7 Å². The lowest BCUT2D eigenvalue weighted by Gasteiger charge is -2.31. The second kappa shape index (κ2) is 10.9. The first-order valence-electron chi connectivity index (χ1n) is 12.0. The molecule has 3 amide bonds. The number of esters is 1. The van der Waals surface area contributed by atoms with Crippen molar-refractivity contribution in [1.29, 1.82) is 0 Å². The smallest absolute Gasteiger partial charge is 0.408 e. The van der Waals surface area contributed by atoms with Crippen molar-refractivity contribution in [2.45, 2.75) is 71.6 Å². The minimum atomic E-state index is -1.13. The fourth-order valence-electron chi connectivity index (χ4n) is 3.83. The molecule has 0 bridgehead atoms. The summed E-state index contributed by atoms with van der Waals surface area (Å²) in [6.45, 7) is 7.95. The van der Waals surface area contributed by atoms with Crippen molar-refractivity contribution in [2.24, 2.45) is 5.92 Å². The van der Waals surface area contributed by atoms with Crippen molar-refractivity contribution in [1.82, 2.24) is 25.2 Å². The lowest BCUT2D eigenvalue weighted by Crippen LogP contribution is -2.51. The van der Waals surface area contributed by atoms with Crippen LogP contribution in [0.3, 0.4) is 0 Å². The maximum absolute atomic E-state index is 13.2. The summed E-state index contributed by atoms with van der Waals surface area (Å²) in [7, 11) is 0. The normalized spacial score (nSPS) is 17.9. The van der Waals surface area contributed by atoms with Crippen LogP contribution in [0.1, 0.15) is 59.9 Å². The van der Waals surface area contributed by atoms with E-state index in [1.165, 1.54) is 6.07 Å². The first kappa shape index (κ1) is 27.6. The van der Waals surface area contributed by atoms with E-state index < -0.39 is 53.9 Å². The van der Waals surface area contributed by atoms with E-state index in [0.717, 1.165) is 9.58 Å². The van der Waals surface area contributed by atoms with Crippen molar-refractivity contribution >= 4 is 40.5 Å². The largest absolute Gasteiger partial charge is 0.444 e. The predicted octanol–water partition coefficient (Wildman–Crippen LogP) is 1.50. The van der Waals surface area contributed by atoms with Gasteiger partial charge in [0.1, 0.15) is 23.2 Å². The number of aromatic nitrogens is 3. The van der Waals surface area contributed by atoms with Gasteiger partial charge < -0.3 is 20.5 Å². The SMILES string of the molecule is CCC(C)[C@H](NC(=O)OC(C)(C)C)C(=O)OCN1C(=O)CC[C@H](n2nnc3cccc(N)c3c2=O)C1=O. The Bertz CT molecular complexity index is 1270. The first-order chi connectivity index (χ1) is 17.3. The van der Waals surface area contributed by atoms with E-state index in [1.807, 2.05) is 6.92 Å². The number of rotatable bonds is 7. The zero-order valence-corrected chi connectivity index (χ0v) is 21.5. The maximum atomic E-state index is 13.2. The van der Waals surface area contributed by atoms with Crippen LogP contribution in [0.4, 0.5) is 10.5 Å². The van der Waals surface area contributed by atoms with Gasteiger partial charge in [-0.25, -0.2) is 14.5 Å². The van der Waals surface area contributed by atoms with Crippen molar-refractivity contribution in [3.63, 3.8) is 0 Å². The van der Waals surface area contributed by atoms with Crippen molar-refractivity contribution in [3.05, 3.63) is 28.6 Å². The number of carbonyl (C=O) groups is 4.